The van der Waals surface area contributed by atoms with Crippen LogP contribution >= 0.6 is 12.2 Å². The van der Waals surface area contributed by atoms with Crippen molar-refractivity contribution in [3.8, 4) is 0 Å². The van der Waals surface area contributed by atoms with Crippen molar-refractivity contribution in [2.75, 3.05) is 26.1 Å². The Labute approximate surface area is 179 Å². The molecule has 2 aliphatic rings. The number of carboxylic acids is 2. The summed E-state index contributed by atoms with van der Waals surface area (Å²) in [5.74, 6) is -2.51. The predicted octanol–water partition coefficient (Wildman–Crippen LogP) is 2.04. The topological polar surface area (TPSA) is 107 Å². The third kappa shape index (κ3) is 4.52. The van der Waals surface area contributed by atoms with Crippen LogP contribution in [0.2, 0.25) is 0 Å². The summed E-state index contributed by atoms with van der Waals surface area (Å²) in [5.41, 5.74) is 8.70. The quantitative estimate of drug-likeness (QED) is 0.435. The molecule has 4 rings (SSSR count). The summed E-state index contributed by atoms with van der Waals surface area (Å²) in [4.78, 5) is 21.6. The van der Waals surface area contributed by atoms with E-state index in [0.717, 1.165) is 19.4 Å². The first-order chi connectivity index (χ1) is 14.3. The van der Waals surface area contributed by atoms with Crippen molar-refractivity contribution in [3.05, 3.63) is 53.8 Å². The van der Waals surface area contributed by atoms with Gasteiger partial charge in [-0.2, -0.15) is 0 Å². The van der Waals surface area contributed by atoms with E-state index in [1.54, 1.807) is 0 Å². The number of carboxylic acid groups (broad SMARTS) is 2. The Balaban J connectivity index is 0.000000275. The second-order valence-corrected chi connectivity index (χ2v) is 7.48. The molecule has 158 valence electrons. The molecular formula is C21H24N4O4S. The molecule has 1 aromatic heterocycles. The standard InChI is InChI=1S/C17H20N4S.C4H4O4/c1-18-17(22)19-21-10-11-9-15-12(6-4-8-20(15)2)13-5-3-7-14(21)16(11)13;5-3(6)1-2-4(7)8/h3,5-7,10,15H,4,8-9H2,1-2H3,(H2,18,19,22);1-2H,(H,5,6)(H,7,8)/b;2-1-/t15-;/m1./s1. The number of aliphatic carboxylic acids is 2. The van der Waals surface area contributed by atoms with Crippen LogP contribution in [0.25, 0.3) is 16.5 Å². The van der Waals surface area contributed by atoms with Crippen LogP contribution < -0.4 is 10.7 Å². The van der Waals surface area contributed by atoms with E-state index in [1.807, 2.05) is 11.7 Å². The number of carbonyl (C=O) groups is 2. The van der Waals surface area contributed by atoms with Gasteiger partial charge in [-0.15, -0.1) is 0 Å². The molecule has 0 radical (unpaired) electrons. The molecule has 0 amide bonds. The fourth-order valence-electron chi connectivity index (χ4n) is 3.88. The van der Waals surface area contributed by atoms with Crippen LogP contribution in [0.4, 0.5) is 0 Å². The second kappa shape index (κ2) is 9.10. The normalized spacial score (nSPS) is 17.5. The highest BCUT2D eigenvalue weighted by molar-refractivity contribution is 7.80. The van der Waals surface area contributed by atoms with E-state index in [2.05, 4.69) is 53.2 Å². The molecule has 2 aromatic rings. The van der Waals surface area contributed by atoms with Gasteiger partial charge in [-0.25, -0.2) is 9.59 Å². The smallest absolute Gasteiger partial charge is 0.328 e. The Morgan fingerprint density at radius 2 is 1.93 bits per heavy atom. The van der Waals surface area contributed by atoms with E-state index in [1.165, 1.54) is 27.6 Å². The number of rotatable bonds is 3. The van der Waals surface area contributed by atoms with Gasteiger partial charge < -0.3 is 15.5 Å². The monoisotopic (exact) mass is 428 g/mol. The van der Waals surface area contributed by atoms with Crippen molar-refractivity contribution in [1.29, 1.82) is 0 Å². The molecule has 0 saturated heterocycles. The third-order valence-electron chi connectivity index (χ3n) is 5.19. The van der Waals surface area contributed by atoms with Crippen LogP contribution in [0.15, 0.2) is 42.6 Å². The molecule has 0 unspecified atom stereocenters. The summed E-state index contributed by atoms with van der Waals surface area (Å²) in [7, 11) is 4.06. The number of hydrogen-bond acceptors (Lipinski definition) is 4. The highest BCUT2D eigenvalue weighted by Crippen LogP contribution is 2.40. The first kappa shape index (κ1) is 21.5. The molecule has 0 fully saturated rings. The number of aromatic nitrogens is 1. The molecule has 4 N–H and O–H groups in total. The Morgan fingerprint density at radius 1 is 1.23 bits per heavy atom. The van der Waals surface area contributed by atoms with Crippen LogP contribution in [-0.4, -0.2) is 63.5 Å². The summed E-state index contributed by atoms with van der Waals surface area (Å²) < 4.78 is 2.05. The lowest BCUT2D eigenvalue weighted by molar-refractivity contribution is -0.134. The fraction of sp³-hybridized carbons (Fsp3) is 0.286. The van der Waals surface area contributed by atoms with Gasteiger partial charge in [0.25, 0.3) is 0 Å². The third-order valence-corrected chi connectivity index (χ3v) is 5.48. The molecule has 1 aliphatic carbocycles. The lowest BCUT2D eigenvalue weighted by Crippen LogP contribution is -2.39. The Morgan fingerprint density at radius 3 is 2.57 bits per heavy atom. The maximum absolute atomic E-state index is 9.55. The molecule has 1 aliphatic heterocycles. The Hall–Kier alpha value is -3.17. The van der Waals surface area contributed by atoms with Crippen LogP contribution in [0.3, 0.4) is 0 Å². The fourth-order valence-corrected chi connectivity index (χ4v) is 3.98. The lowest BCUT2D eigenvalue weighted by Gasteiger charge is -2.36. The second-order valence-electron chi connectivity index (χ2n) is 7.07. The Kier molecular flexibility index (Phi) is 6.53. The molecule has 8 nitrogen and oxygen atoms in total. The maximum atomic E-state index is 9.55. The van der Waals surface area contributed by atoms with Gasteiger partial charge in [0.2, 0.25) is 0 Å². The highest BCUT2D eigenvalue weighted by Gasteiger charge is 2.31. The summed E-state index contributed by atoms with van der Waals surface area (Å²) in [6, 6.07) is 7.05. The maximum Gasteiger partial charge on any atom is 0.328 e. The average molecular weight is 429 g/mol. The number of nitrogens with one attached hydrogen (secondary N) is 2. The predicted molar refractivity (Wildman–Crippen MR) is 120 cm³/mol. The zero-order valence-electron chi connectivity index (χ0n) is 16.8. The lowest BCUT2D eigenvalue weighted by atomic mass is 9.82. The van der Waals surface area contributed by atoms with Gasteiger partial charge in [0.15, 0.2) is 5.11 Å². The minimum absolute atomic E-state index is 0.499. The van der Waals surface area contributed by atoms with Gasteiger partial charge >= 0.3 is 11.9 Å². The zero-order valence-corrected chi connectivity index (χ0v) is 17.6. The molecule has 0 saturated carbocycles. The summed E-state index contributed by atoms with van der Waals surface area (Å²) >= 11 is 5.25. The zero-order chi connectivity index (χ0) is 21.8. The van der Waals surface area contributed by atoms with Crippen molar-refractivity contribution in [3.63, 3.8) is 0 Å². The SMILES string of the molecule is CNC(=S)Nn1cc2c3c(cccc31)C1=CCCN(C)[C@@H]1C2.O=C(O)/C=C\C(=O)O. The number of thiocarbonyl (C=S) groups is 1. The van der Waals surface area contributed by atoms with Crippen molar-refractivity contribution >= 4 is 45.7 Å². The van der Waals surface area contributed by atoms with Crippen LogP contribution in [0.1, 0.15) is 17.5 Å². The first-order valence-corrected chi connectivity index (χ1v) is 9.89. The van der Waals surface area contributed by atoms with Crippen molar-refractivity contribution in [2.24, 2.45) is 0 Å². The molecule has 0 spiro atoms. The van der Waals surface area contributed by atoms with Crippen LogP contribution in [0.5, 0.6) is 0 Å². The van der Waals surface area contributed by atoms with Crippen molar-refractivity contribution < 1.29 is 19.8 Å². The molecular weight excluding hydrogens is 404 g/mol. The van der Waals surface area contributed by atoms with E-state index in [9.17, 15) is 9.59 Å². The van der Waals surface area contributed by atoms with Gasteiger partial charge in [0.05, 0.1) is 5.52 Å². The number of fused-ring (bicyclic) bond motifs is 2. The summed E-state index contributed by atoms with van der Waals surface area (Å²) in [6.07, 6.45) is 7.93. The van der Waals surface area contributed by atoms with E-state index in [4.69, 9.17) is 22.4 Å². The number of nitrogens with zero attached hydrogens (tertiary/aromatic N) is 2. The molecule has 30 heavy (non-hydrogen) atoms. The van der Waals surface area contributed by atoms with Crippen LogP contribution in [0, 0.1) is 0 Å². The average Bonchev–Trinajstić information content (AvgIpc) is 3.06. The number of hydrogen-bond donors (Lipinski definition) is 4. The largest absolute Gasteiger partial charge is 0.478 e. The van der Waals surface area contributed by atoms with Gasteiger partial charge in [0.1, 0.15) is 0 Å². The van der Waals surface area contributed by atoms with E-state index in [0.29, 0.717) is 23.3 Å². The van der Waals surface area contributed by atoms with Crippen LogP contribution in [-0.2, 0) is 16.0 Å². The van der Waals surface area contributed by atoms with Crippen molar-refractivity contribution in [2.45, 2.75) is 18.9 Å². The number of benzene rings is 1. The van der Waals surface area contributed by atoms with E-state index >= 15 is 0 Å². The molecule has 9 heteroatoms. The summed E-state index contributed by atoms with van der Waals surface area (Å²) in [5, 5.41) is 20.6. The van der Waals surface area contributed by atoms with Crippen molar-refractivity contribution in [1.82, 2.24) is 14.9 Å². The number of likely N-dealkylation sites (N-methyl/N-ethyl adjacent to an activating group) is 1. The molecule has 1 aromatic carbocycles. The van der Waals surface area contributed by atoms with Gasteiger partial charge in [-0.05, 0) is 54.9 Å². The van der Waals surface area contributed by atoms with Gasteiger partial charge in [-0.1, -0.05) is 18.2 Å². The molecule has 1 atom stereocenters. The minimum atomic E-state index is -1.26. The molecule has 2 heterocycles. The van der Waals surface area contributed by atoms with E-state index in [-0.39, 0.29) is 0 Å². The van der Waals surface area contributed by atoms with E-state index < -0.39 is 11.9 Å². The summed E-state index contributed by atoms with van der Waals surface area (Å²) in [6.45, 7) is 1.14. The Bertz CT molecular complexity index is 1040. The minimum Gasteiger partial charge on any atom is -0.478 e. The highest BCUT2D eigenvalue weighted by atomic mass is 32.1. The molecule has 0 bridgehead atoms. The first-order valence-electron chi connectivity index (χ1n) is 9.48. The van der Waals surface area contributed by atoms with Gasteiger partial charge in [0, 0.05) is 43.4 Å². The van der Waals surface area contributed by atoms with Gasteiger partial charge in [-0.3, -0.25) is 15.0 Å².